The summed E-state index contributed by atoms with van der Waals surface area (Å²) < 4.78 is 5.27. The van der Waals surface area contributed by atoms with E-state index in [4.69, 9.17) is 16.3 Å². The highest BCUT2D eigenvalue weighted by atomic mass is 35.5. The maximum atomic E-state index is 12.8. The van der Waals surface area contributed by atoms with Gasteiger partial charge in [0, 0.05) is 30.9 Å². The summed E-state index contributed by atoms with van der Waals surface area (Å²) in [5, 5.41) is 2.80. The molecule has 0 radical (unpaired) electrons. The van der Waals surface area contributed by atoms with E-state index in [9.17, 15) is 14.4 Å². The van der Waals surface area contributed by atoms with Crippen LogP contribution < -0.4 is 5.32 Å². The lowest BCUT2D eigenvalue weighted by Gasteiger charge is -2.26. The van der Waals surface area contributed by atoms with Crippen molar-refractivity contribution in [1.29, 1.82) is 0 Å². The summed E-state index contributed by atoms with van der Waals surface area (Å²) in [6.45, 7) is 2.45. The van der Waals surface area contributed by atoms with Gasteiger partial charge in [-0.3, -0.25) is 19.3 Å². The Bertz CT molecular complexity index is 1010. The van der Waals surface area contributed by atoms with Crippen molar-refractivity contribution in [1.82, 2.24) is 9.80 Å². The van der Waals surface area contributed by atoms with E-state index in [1.165, 1.54) is 0 Å². The van der Waals surface area contributed by atoms with E-state index >= 15 is 0 Å². The lowest BCUT2D eigenvalue weighted by molar-refractivity contribution is -0.137. The molecule has 0 spiro atoms. The zero-order valence-electron chi connectivity index (χ0n) is 16.8. The van der Waals surface area contributed by atoms with Crippen molar-refractivity contribution in [2.45, 2.75) is 6.42 Å². The van der Waals surface area contributed by atoms with Crippen LogP contribution in [0.25, 0.3) is 0 Å². The largest absolute Gasteiger partial charge is 0.378 e. The van der Waals surface area contributed by atoms with Gasteiger partial charge in [0.1, 0.15) is 10.7 Å². The number of morpholine rings is 1. The van der Waals surface area contributed by atoms with Crippen LogP contribution in [0, 0.1) is 0 Å². The molecule has 31 heavy (non-hydrogen) atoms. The van der Waals surface area contributed by atoms with Crippen molar-refractivity contribution in [2.75, 3.05) is 38.2 Å². The summed E-state index contributed by atoms with van der Waals surface area (Å²) in [5.41, 5.74) is 2.19. The average molecular weight is 440 g/mol. The number of carbonyl (C=O) groups is 3. The van der Waals surface area contributed by atoms with Gasteiger partial charge in [0.25, 0.3) is 17.7 Å². The van der Waals surface area contributed by atoms with Gasteiger partial charge in [-0.15, -0.1) is 0 Å². The van der Waals surface area contributed by atoms with E-state index in [0.717, 1.165) is 10.5 Å². The summed E-state index contributed by atoms with van der Waals surface area (Å²) in [6.07, 6.45) is 0.550. The first-order chi connectivity index (χ1) is 15.0. The van der Waals surface area contributed by atoms with Gasteiger partial charge >= 0.3 is 0 Å². The third-order valence-electron chi connectivity index (χ3n) is 5.28. The predicted octanol–water partition coefficient (Wildman–Crippen LogP) is 2.63. The molecule has 2 aliphatic rings. The summed E-state index contributed by atoms with van der Waals surface area (Å²) >= 11 is 6.17. The standard InChI is InChI=1S/C23H22ClN3O4/c24-19-20(23(30)27(22(19)29)11-10-16-4-2-1-3-5-16)25-18-8-6-17(7-9-18)21(28)26-12-14-31-15-13-26/h1-9,25H,10-15H2. The quantitative estimate of drug-likeness (QED) is 0.700. The second-order valence-corrected chi connectivity index (χ2v) is 7.67. The molecule has 0 atom stereocenters. The van der Waals surface area contributed by atoms with Crippen LogP contribution in [0.5, 0.6) is 0 Å². The Kier molecular flexibility index (Phi) is 6.34. The number of nitrogens with one attached hydrogen (secondary N) is 1. The Morgan fingerprint density at radius 1 is 0.968 bits per heavy atom. The molecular formula is C23H22ClN3O4. The minimum absolute atomic E-state index is 0.0481. The van der Waals surface area contributed by atoms with Crippen LogP contribution in [0.15, 0.2) is 65.3 Å². The summed E-state index contributed by atoms with van der Waals surface area (Å²) in [4.78, 5) is 40.7. The van der Waals surface area contributed by atoms with Crippen LogP contribution >= 0.6 is 11.6 Å². The van der Waals surface area contributed by atoms with Crippen molar-refractivity contribution in [3.63, 3.8) is 0 Å². The van der Waals surface area contributed by atoms with Crippen LogP contribution in [-0.2, 0) is 20.7 Å². The SMILES string of the molecule is O=C(c1ccc(NC2=C(Cl)C(=O)N(CCc3ccccc3)C2=O)cc1)N1CCOCC1. The van der Waals surface area contributed by atoms with E-state index in [0.29, 0.717) is 44.0 Å². The molecule has 2 heterocycles. The molecule has 0 bridgehead atoms. The minimum atomic E-state index is -0.510. The third kappa shape index (κ3) is 4.62. The summed E-state index contributed by atoms with van der Waals surface area (Å²) in [6, 6.07) is 16.4. The van der Waals surface area contributed by atoms with E-state index < -0.39 is 11.8 Å². The fourth-order valence-electron chi connectivity index (χ4n) is 3.53. The highest BCUT2D eigenvalue weighted by molar-refractivity contribution is 6.48. The van der Waals surface area contributed by atoms with Gasteiger partial charge in [0.15, 0.2) is 0 Å². The van der Waals surface area contributed by atoms with Gasteiger partial charge < -0.3 is 15.0 Å². The Hall–Kier alpha value is -3.16. The molecule has 1 saturated heterocycles. The molecule has 0 aliphatic carbocycles. The molecule has 4 rings (SSSR count). The van der Waals surface area contributed by atoms with Gasteiger partial charge in [-0.25, -0.2) is 0 Å². The predicted molar refractivity (Wildman–Crippen MR) is 117 cm³/mol. The highest BCUT2D eigenvalue weighted by Gasteiger charge is 2.37. The Morgan fingerprint density at radius 3 is 2.32 bits per heavy atom. The van der Waals surface area contributed by atoms with Crippen molar-refractivity contribution < 1.29 is 19.1 Å². The van der Waals surface area contributed by atoms with Crippen LogP contribution in [0.4, 0.5) is 5.69 Å². The summed E-state index contributed by atoms with van der Waals surface area (Å²) in [5.74, 6) is -1.03. The lowest BCUT2D eigenvalue weighted by Crippen LogP contribution is -2.40. The van der Waals surface area contributed by atoms with Gasteiger partial charge in [-0.05, 0) is 36.2 Å². The molecule has 2 aliphatic heterocycles. The first-order valence-electron chi connectivity index (χ1n) is 10.1. The number of nitrogens with zero attached hydrogens (tertiary/aromatic N) is 2. The van der Waals surface area contributed by atoms with E-state index in [1.807, 2.05) is 30.3 Å². The maximum absolute atomic E-state index is 12.8. The molecule has 8 heteroatoms. The highest BCUT2D eigenvalue weighted by Crippen LogP contribution is 2.26. The number of benzene rings is 2. The second-order valence-electron chi connectivity index (χ2n) is 7.29. The zero-order chi connectivity index (χ0) is 21.8. The molecule has 7 nitrogen and oxygen atoms in total. The molecule has 2 aromatic rings. The monoisotopic (exact) mass is 439 g/mol. The number of halogens is 1. The molecule has 2 aromatic carbocycles. The fourth-order valence-corrected chi connectivity index (χ4v) is 3.76. The number of carbonyl (C=O) groups excluding carboxylic acids is 3. The molecule has 3 amide bonds. The van der Waals surface area contributed by atoms with Gasteiger partial charge in [-0.2, -0.15) is 0 Å². The minimum Gasteiger partial charge on any atom is -0.378 e. The van der Waals surface area contributed by atoms with Gasteiger partial charge in [0.2, 0.25) is 0 Å². The van der Waals surface area contributed by atoms with Gasteiger partial charge in [0.05, 0.1) is 13.2 Å². The number of hydrogen-bond acceptors (Lipinski definition) is 5. The van der Waals surface area contributed by atoms with Gasteiger partial charge in [-0.1, -0.05) is 41.9 Å². The first kappa shape index (κ1) is 21.1. The number of rotatable bonds is 6. The number of imide groups is 1. The topological polar surface area (TPSA) is 79.0 Å². The first-order valence-corrected chi connectivity index (χ1v) is 10.5. The lowest BCUT2D eigenvalue weighted by atomic mass is 10.1. The molecule has 0 aromatic heterocycles. The van der Waals surface area contributed by atoms with Crippen LogP contribution in [0.1, 0.15) is 15.9 Å². The number of anilines is 1. The molecule has 0 unspecified atom stereocenters. The second kappa shape index (κ2) is 9.32. The summed E-state index contributed by atoms with van der Waals surface area (Å²) in [7, 11) is 0. The van der Waals surface area contributed by atoms with Crippen molar-refractivity contribution in [3.05, 3.63) is 76.5 Å². The molecule has 160 valence electrons. The maximum Gasteiger partial charge on any atom is 0.278 e. The normalized spacial score (nSPS) is 16.8. The fraction of sp³-hybridized carbons (Fsp3) is 0.261. The van der Waals surface area contributed by atoms with Crippen molar-refractivity contribution in [2.24, 2.45) is 0 Å². The Labute approximate surface area is 185 Å². The van der Waals surface area contributed by atoms with Crippen molar-refractivity contribution >= 4 is 35.0 Å². The van der Waals surface area contributed by atoms with Crippen LogP contribution in [0.3, 0.4) is 0 Å². The smallest absolute Gasteiger partial charge is 0.278 e. The third-order valence-corrected chi connectivity index (χ3v) is 5.63. The zero-order valence-corrected chi connectivity index (χ0v) is 17.6. The number of amides is 3. The Balaban J connectivity index is 1.40. The number of ether oxygens (including phenoxy) is 1. The van der Waals surface area contributed by atoms with Crippen molar-refractivity contribution in [3.8, 4) is 0 Å². The number of hydrogen-bond donors (Lipinski definition) is 1. The Morgan fingerprint density at radius 2 is 1.65 bits per heavy atom. The van der Waals surface area contributed by atoms with Crippen LogP contribution in [-0.4, -0.2) is 60.4 Å². The van der Waals surface area contributed by atoms with E-state index in [-0.39, 0.29) is 23.2 Å². The van der Waals surface area contributed by atoms with E-state index in [1.54, 1.807) is 29.2 Å². The molecule has 1 N–H and O–H groups in total. The molecule has 0 saturated carbocycles. The molecule has 1 fully saturated rings. The molecular weight excluding hydrogens is 418 g/mol. The average Bonchev–Trinajstić information content (AvgIpc) is 3.02. The van der Waals surface area contributed by atoms with Crippen LogP contribution in [0.2, 0.25) is 0 Å². The van der Waals surface area contributed by atoms with E-state index in [2.05, 4.69) is 5.32 Å².